The lowest BCUT2D eigenvalue weighted by atomic mass is 10.1. The number of benzene rings is 1. The van der Waals surface area contributed by atoms with Crippen LogP contribution in [0.25, 0.3) is 0 Å². The van der Waals surface area contributed by atoms with Gasteiger partial charge in [-0.25, -0.2) is 0 Å². The third kappa shape index (κ3) is 3.87. The van der Waals surface area contributed by atoms with Crippen molar-refractivity contribution in [1.29, 1.82) is 0 Å². The molecule has 0 aromatic heterocycles. The Kier molecular flexibility index (Phi) is 6.52. The van der Waals surface area contributed by atoms with Crippen molar-refractivity contribution in [3.05, 3.63) is 28.2 Å². The molecule has 0 saturated heterocycles. The molecule has 0 aliphatic rings. The lowest BCUT2D eigenvalue weighted by Gasteiger charge is -2.24. The summed E-state index contributed by atoms with van der Waals surface area (Å²) in [6.07, 6.45) is 0. The van der Waals surface area contributed by atoms with Gasteiger partial charge in [-0.15, -0.1) is 12.4 Å². The first-order chi connectivity index (χ1) is 7.47. The van der Waals surface area contributed by atoms with Gasteiger partial charge in [0.2, 0.25) is 0 Å². The van der Waals surface area contributed by atoms with Gasteiger partial charge in [0.25, 0.3) is 5.91 Å². The van der Waals surface area contributed by atoms with E-state index in [4.69, 9.17) is 5.73 Å². The highest BCUT2D eigenvalue weighted by Crippen LogP contribution is 2.23. The summed E-state index contributed by atoms with van der Waals surface area (Å²) in [6, 6.07) is 4.69. The van der Waals surface area contributed by atoms with Crippen LogP contribution in [0.4, 0.5) is 0 Å². The summed E-state index contributed by atoms with van der Waals surface area (Å²) >= 11 is 3.26. The average Bonchev–Trinajstić information content (AvgIpc) is 2.29. The fourth-order valence-electron chi connectivity index (χ4n) is 1.23. The molecular weight excluding hydrogens is 307 g/mol. The van der Waals surface area contributed by atoms with Gasteiger partial charge in [0.05, 0.1) is 5.56 Å². The molecule has 0 radical (unpaired) electrons. The van der Waals surface area contributed by atoms with E-state index in [0.29, 0.717) is 6.54 Å². The van der Waals surface area contributed by atoms with Crippen LogP contribution in [-0.4, -0.2) is 35.5 Å². The number of hydrogen-bond donors (Lipinski definition) is 2. The zero-order chi connectivity index (χ0) is 12.3. The quantitative estimate of drug-likeness (QED) is 0.894. The van der Waals surface area contributed by atoms with Crippen molar-refractivity contribution in [1.82, 2.24) is 4.90 Å². The van der Waals surface area contributed by atoms with Crippen LogP contribution in [0.15, 0.2) is 22.7 Å². The number of likely N-dealkylation sites (N-methyl/N-ethyl adjacent to an activating group) is 1. The summed E-state index contributed by atoms with van der Waals surface area (Å²) in [4.78, 5) is 13.5. The molecule has 0 bridgehead atoms. The first kappa shape index (κ1) is 16.2. The molecule has 6 heteroatoms. The molecule has 1 atom stereocenters. The van der Waals surface area contributed by atoms with E-state index in [9.17, 15) is 9.90 Å². The number of carbonyl (C=O) groups excluding carboxylic acids is 1. The van der Waals surface area contributed by atoms with Gasteiger partial charge in [-0.2, -0.15) is 0 Å². The van der Waals surface area contributed by atoms with E-state index in [0.717, 1.165) is 4.47 Å². The first-order valence-corrected chi connectivity index (χ1v) is 5.72. The number of carbonyl (C=O) groups is 1. The molecule has 1 aromatic carbocycles. The minimum Gasteiger partial charge on any atom is -0.507 e. The second-order valence-corrected chi connectivity index (χ2v) is 4.58. The van der Waals surface area contributed by atoms with Gasteiger partial charge in [-0.3, -0.25) is 4.79 Å². The maximum atomic E-state index is 12.0. The summed E-state index contributed by atoms with van der Waals surface area (Å²) in [5, 5.41) is 9.61. The van der Waals surface area contributed by atoms with Crippen molar-refractivity contribution in [2.24, 2.45) is 5.73 Å². The highest BCUT2D eigenvalue weighted by atomic mass is 79.9. The molecule has 0 saturated carbocycles. The van der Waals surface area contributed by atoms with E-state index in [1.807, 2.05) is 6.92 Å². The molecular formula is C11H16BrClN2O2. The van der Waals surface area contributed by atoms with Crippen LogP contribution in [0.2, 0.25) is 0 Å². The van der Waals surface area contributed by atoms with E-state index in [1.54, 1.807) is 19.2 Å². The molecule has 0 aliphatic carbocycles. The van der Waals surface area contributed by atoms with Crippen LogP contribution in [0.1, 0.15) is 17.3 Å². The van der Waals surface area contributed by atoms with Crippen LogP contribution in [-0.2, 0) is 0 Å². The zero-order valence-electron chi connectivity index (χ0n) is 9.68. The Morgan fingerprint density at radius 3 is 2.71 bits per heavy atom. The number of rotatable bonds is 3. The molecule has 0 heterocycles. The van der Waals surface area contributed by atoms with E-state index in [2.05, 4.69) is 15.9 Å². The molecule has 96 valence electrons. The number of nitrogens with zero attached hydrogens (tertiary/aromatic N) is 1. The highest BCUT2D eigenvalue weighted by molar-refractivity contribution is 9.10. The molecule has 0 spiro atoms. The van der Waals surface area contributed by atoms with Gasteiger partial charge in [0.1, 0.15) is 5.75 Å². The summed E-state index contributed by atoms with van der Waals surface area (Å²) < 4.78 is 0.752. The van der Waals surface area contributed by atoms with Gasteiger partial charge in [0, 0.05) is 24.1 Å². The standard InChI is InChI=1S/C11H15BrN2O2.ClH/c1-7(6-13)14(2)11(16)9-5-8(12)3-4-10(9)15;/h3-5,7,15H,6,13H2,1-2H3;1H. The predicted molar refractivity (Wildman–Crippen MR) is 73.7 cm³/mol. The van der Waals surface area contributed by atoms with E-state index in [-0.39, 0.29) is 35.7 Å². The van der Waals surface area contributed by atoms with Gasteiger partial charge < -0.3 is 15.7 Å². The van der Waals surface area contributed by atoms with Crippen LogP contribution < -0.4 is 5.73 Å². The largest absolute Gasteiger partial charge is 0.507 e. The van der Waals surface area contributed by atoms with Gasteiger partial charge in [-0.05, 0) is 25.1 Å². The summed E-state index contributed by atoms with van der Waals surface area (Å²) in [6.45, 7) is 2.24. The van der Waals surface area contributed by atoms with E-state index < -0.39 is 0 Å². The molecule has 1 unspecified atom stereocenters. The van der Waals surface area contributed by atoms with Crippen molar-refractivity contribution in [3.8, 4) is 5.75 Å². The molecule has 3 N–H and O–H groups in total. The van der Waals surface area contributed by atoms with Crippen LogP contribution in [0.3, 0.4) is 0 Å². The number of hydrogen-bond acceptors (Lipinski definition) is 3. The Hall–Kier alpha value is -0.780. The minimum atomic E-state index is -0.239. The third-order valence-electron chi connectivity index (χ3n) is 2.51. The van der Waals surface area contributed by atoms with Crippen molar-refractivity contribution in [2.45, 2.75) is 13.0 Å². The SMILES string of the molecule is CC(CN)N(C)C(=O)c1cc(Br)ccc1O.Cl. The summed E-state index contributed by atoms with van der Waals surface area (Å²) in [5.74, 6) is -0.263. The van der Waals surface area contributed by atoms with E-state index in [1.165, 1.54) is 11.0 Å². The third-order valence-corrected chi connectivity index (χ3v) is 3.00. The van der Waals surface area contributed by atoms with Gasteiger partial charge in [-0.1, -0.05) is 15.9 Å². The molecule has 17 heavy (non-hydrogen) atoms. The number of phenolic OH excluding ortho intramolecular Hbond substituents is 1. The first-order valence-electron chi connectivity index (χ1n) is 4.93. The Labute approximate surface area is 115 Å². The minimum absolute atomic E-state index is 0. The fraction of sp³-hybridized carbons (Fsp3) is 0.364. The monoisotopic (exact) mass is 322 g/mol. The van der Waals surface area contributed by atoms with Crippen molar-refractivity contribution < 1.29 is 9.90 Å². The molecule has 0 aliphatic heterocycles. The van der Waals surface area contributed by atoms with Crippen molar-refractivity contribution in [3.63, 3.8) is 0 Å². The topological polar surface area (TPSA) is 66.6 Å². The fourth-order valence-corrected chi connectivity index (χ4v) is 1.59. The average molecular weight is 324 g/mol. The number of nitrogens with two attached hydrogens (primary N) is 1. The molecule has 4 nitrogen and oxygen atoms in total. The van der Waals surface area contributed by atoms with Crippen LogP contribution in [0.5, 0.6) is 5.75 Å². The van der Waals surface area contributed by atoms with Crippen molar-refractivity contribution >= 4 is 34.2 Å². The molecule has 0 fully saturated rings. The Bertz CT molecular complexity index is 401. The second kappa shape index (κ2) is 6.83. The second-order valence-electron chi connectivity index (χ2n) is 3.66. The van der Waals surface area contributed by atoms with Gasteiger partial charge >= 0.3 is 0 Å². The van der Waals surface area contributed by atoms with Gasteiger partial charge in [0.15, 0.2) is 0 Å². The molecule has 1 aromatic rings. The number of halogens is 2. The van der Waals surface area contributed by atoms with Crippen LogP contribution in [0, 0.1) is 0 Å². The Morgan fingerprint density at radius 1 is 1.59 bits per heavy atom. The number of phenols is 1. The lowest BCUT2D eigenvalue weighted by molar-refractivity contribution is 0.0745. The maximum Gasteiger partial charge on any atom is 0.257 e. The molecule has 1 rings (SSSR count). The lowest BCUT2D eigenvalue weighted by Crippen LogP contribution is -2.39. The van der Waals surface area contributed by atoms with Crippen LogP contribution >= 0.6 is 28.3 Å². The highest BCUT2D eigenvalue weighted by Gasteiger charge is 2.19. The smallest absolute Gasteiger partial charge is 0.257 e. The zero-order valence-corrected chi connectivity index (χ0v) is 12.1. The number of amides is 1. The summed E-state index contributed by atoms with van der Waals surface area (Å²) in [5.41, 5.74) is 5.77. The normalized spacial score (nSPS) is 11.5. The molecule has 1 amide bonds. The summed E-state index contributed by atoms with van der Waals surface area (Å²) in [7, 11) is 1.67. The predicted octanol–water partition coefficient (Wildman–Crippen LogP) is 2.00. The van der Waals surface area contributed by atoms with Crippen molar-refractivity contribution in [2.75, 3.05) is 13.6 Å². The Morgan fingerprint density at radius 2 is 2.18 bits per heavy atom. The Balaban J connectivity index is 0.00000256. The maximum absolute atomic E-state index is 12.0. The van der Waals surface area contributed by atoms with E-state index >= 15 is 0 Å². The number of aromatic hydroxyl groups is 1.